The van der Waals surface area contributed by atoms with E-state index in [1.807, 2.05) is 19.9 Å². The van der Waals surface area contributed by atoms with E-state index in [4.69, 9.17) is 12.3 Å². The minimum Gasteiger partial charge on any atom is -0.346 e. The van der Waals surface area contributed by atoms with Crippen LogP contribution in [0.4, 0.5) is 4.79 Å². The van der Waals surface area contributed by atoms with Gasteiger partial charge < -0.3 is 5.73 Å². The number of allylic oxidation sites excluding steroid dienone is 1. The molecule has 0 aliphatic heterocycles. The monoisotopic (exact) mass is 167 g/mol. The Balaban J connectivity index is 4.46. The second-order valence-corrected chi connectivity index (χ2v) is 2.77. The molecule has 0 saturated carbocycles. The molecule has 2 amide bonds. The van der Waals surface area contributed by atoms with Crippen molar-refractivity contribution in [2.45, 2.75) is 26.8 Å². The highest BCUT2D eigenvalue weighted by molar-refractivity contribution is 5.73. The van der Waals surface area contributed by atoms with Crippen molar-refractivity contribution in [2.24, 2.45) is 5.73 Å². The second-order valence-electron chi connectivity index (χ2n) is 2.77. The van der Waals surface area contributed by atoms with Crippen LogP contribution in [0.1, 0.15) is 20.8 Å². The number of hydrogen-bond acceptors (Lipinski definition) is 1. The maximum absolute atomic E-state index is 10.7. The molecule has 1 atom stereocenters. The van der Waals surface area contributed by atoms with Crippen molar-refractivity contribution in [3.05, 3.63) is 23.2 Å². The van der Waals surface area contributed by atoms with Gasteiger partial charge in [0, 0.05) is 0 Å². The van der Waals surface area contributed by atoms with Gasteiger partial charge in [-0.25, -0.2) is 4.79 Å². The lowest BCUT2D eigenvalue weighted by Crippen LogP contribution is -2.35. The first-order valence-electron chi connectivity index (χ1n) is 3.60. The Bertz CT molecular complexity index is 235. The fourth-order valence-corrected chi connectivity index (χ4v) is 0.894. The summed E-state index contributed by atoms with van der Waals surface area (Å²) in [5.41, 5.74) is 6.02. The molecule has 2 N–H and O–H groups in total. The SMILES string of the molecule is [C-]#[N+]N(C(N)=O)C(C)C=C(C)C. The summed E-state index contributed by atoms with van der Waals surface area (Å²) in [6.45, 7) is 12.2. The number of amides is 2. The average Bonchev–Trinajstić information content (AvgIpc) is 1.85. The van der Waals surface area contributed by atoms with Crippen molar-refractivity contribution < 1.29 is 4.79 Å². The molecular weight excluding hydrogens is 154 g/mol. The second kappa shape index (κ2) is 4.39. The first kappa shape index (κ1) is 10.5. The maximum atomic E-state index is 10.7. The number of rotatable bonds is 2. The smallest absolute Gasteiger partial charge is 0.346 e. The van der Waals surface area contributed by atoms with E-state index < -0.39 is 6.03 Å². The van der Waals surface area contributed by atoms with Crippen molar-refractivity contribution >= 4 is 6.03 Å². The Kier molecular flexibility index (Phi) is 3.84. The molecule has 0 heterocycles. The average molecular weight is 167 g/mol. The van der Waals surface area contributed by atoms with Crippen molar-refractivity contribution in [2.75, 3.05) is 0 Å². The van der Waals surface area contributed by atoms with Gasteiger partial charge in [-0.15, -0.1) is 0 Å². The van der Waals surface area contributed by atoms with Crippen LogP contribution >= 0.6 is 0 Å². The molecule has 12 heavy (non-hydrogen) atoms. The largest absolute Gasteiger partial charge is 0.381 e. The van der Waals surface area contributed by atoms with Crippen LogP contribution < -0.4 is 5.73 Å². The van der Waals surface area contributed by atoms with Crippen LogP contribution in [0, 0.1) is 6.57 Å². The summed E-state index contributed by atoms with van der Waals surface area (Å²) in [6.07, 6.45) is 1.81. The standard InChI is InChI=1S/C8H13N3O/c1-6(2)5-7(3)11(10-4)8(9)12/h5,7H,1-3H3,(H2,9,12). The van der Waals surface area contributed by atoms with Gasteiger partial charge in [0.1, 0.15) is 6.04 Å². The number of hydrogen-bond donors (Lipinski definition) is 1. The summed E-state index contributed by atoms with van der Waals surface area (Å²) in [7, 11) is 0. The molecule has 66 valence electrons. The van der Waals surface area contributed by atoms with Crippen LogP contribution in [-0.2, 0) is 0 Å². The molecule has 0 aromatic carbocycles. The topological polar surface area (TPSA) is 50.7 Å². The number of carbonyl (C=O) groups is 1. The van der Waals surface area contributed by atoms with Gasteiger partial charge in [0.15, 0.2) is 0 Å². The van der Waals surface area contributed by atoms with E-state index in [2.05, 4.69) is 4.95 Å². The van der Waals surface area contributed by atoms with Crippen LogP contribution in [0.25, 0.3) is 4.95 Å². The molecular formula is C8H13N3O. The number of urea groups is 1. The molecule has 0 fully saturated rings. The Morgan fingerprint density at radius 1 is 1.67 bits per heavy atom. The lowest BCUT2D eigenvalue weighted by molar-refractivity contribution is 0.218. The van der Waals surface area contributed by atoms with Crippen molar-refractivity contribution in [3.63, 3.8) is 0 Å². The first-order chi connectivity index (χ1) is 5.49. The third-order valence-electron chi connectivity index (χ3n) is 1.29. The van der Waals surface area contributed by atoms with Crippen LogP contribution in [0.5, 0.6) is 0 Å². The molecule has 0 aromatic heterocycles. The summed E-state index contributed by atoms with van der Waals surface area (Å²) in [6, 6.07) is -0.972. The number of carbonyl (C=O) groups excluding carboxylic acids is 1. The highest BCUT2D eigenvalue weighted by Gasteiger charge is 2.19. The van der Waals surface area contributed by atoms with Gasteiger partial charge in [0.05, 0.1) is 0 Å². The predicted molar refractivity (Wildman–Crippen MR) is 46.9 cm³/mol. The highest BCUT2D eigenvalue weighted by Crippen LogP contribution is 2.03. The molecule has 4 nitrogen and oxygen atoms in total. The molecule has 4 heteroatoms. The summed E-state index contributed by atoms with van der Waals surface area (Å²) < 4.78 is 0. The third-order valence-corrected chi connectivity index (χ3v) is 1.29. The summed E-state index contributed by atoms with van der Waals surface area (Å²) >= 11 is 0. The molecule has 0 saturated heterocycles. The van der Waals surface area contributed by atoms with Gasteiger partial charge >= 0.3 is 6.03 Å². The molecule has 1 unspecified atom stereocenters. The Morgan fingerprint density at radius 2 is 2.17 bits per heavy atom. The molecule has 0 bridgehead atoms. The van der Waals surface area contributed by atoms with E-state index in [9.17, 15) is 4.79 Å². The highest BCUT2D eigenvalue weighted by atomic mass is 16.2. The van der Waals surface area contributed by atoms with E-state index in [1.165, 1.54) is 0 Å². The summed E-state index contributed by atoms with van der Waals surface area (Å²) in [4.78, 5) is 13.7. The minimum atomic E-state index is -0.713. The van der Waals surface area contributed by atoms with Gasteiger partial charge in [-0.05, 0) is 25.8 Å². The zero-order valence-electron chi connectivity index (χ0n) is 7.53. The third kappa shape index (κ3) is 3.06. The first-order valence-corrected chi connectivity index (χ1v) is 3.60. The summed E-state index contributed by atoms with van der Waals surface area (Å²) in [5.74, 6) is 0. The van der Waals surface area contributed by atoms with Crippen LogP contribution in [0.2, 0.25) is 0 Å². The van der Waals surface area contributed by atoms with E-state index in [0.29, 0.717) is 0 Å². The zero-order valence-corrected chi connectivity index (χ0v) is 7.53. The molecule has 0 aliphatic carbocycles. The Labute approximate surface area is 72.4 Å². The zero-order chi connectivity index (χ0) is 9.72. The quantitative estimate of drug-likeness (QED) is 0.378. The number of nitrogens with two attached hydrogens (primary N) is 1. The van der Waals surface area contributed by atoms with Crippen molar-refractivity contribution in [3.8, 4) is 0 Å². The van der Waals surface area contributed by atoms with E-state index in [-0.39, 0.29) is 6.04 Å². The Morgan fingerprint density at radius 3 is 2.42 bits per heavy atom. The van der Waals surface area contributed by atoms with Gasteiger partial charge in [0.2, 0.25) is 0 Å². The van der Waals surface area contributed by atoms with Crippen LogP contribution in [0.15, 0.2) is 11.6 Å². The van der Waals surface area contributed by atoms with E-state index in [1.54, 1.807) is 6.92 Å². The summed E-state index contributed by atoms with van der Waals surface area (Å²) in [5, 5.41) is 0.910. The van der Waals surface area contributed by atoms with Gasteiger partial charge in [-0.2, -0.15) is 11.5 Å². The van der Waals surface area contributed by atoms with Gasteiger partial charge in [-0.3, -0.25) is 0 Å². The van der Waals surface area contributed by atoms with E-state index >= 15 is 0 Å². The number of primary amides is 1. The fourth-order valence-electron chi connectivity index (χ4n) is 0.894. The molecule has 0 aromatic rings. The van der Waals surface area contributed by atoms with Gasteiger partial charge in [0.25, 0.3) is 0 Å². The predicted octanol–water partition coefficient (Wildman–Crippen LogP) is 1.56. The lowest BCUT2D eigenvalue weighted by Gasteiger charge is -2.10. The van der Waals surface area contributed by atoms with Crippen LogP contribution in [-0.4, -0.2) is 17.1 Å². The molecule has 0 aliphatic rings. The molecule has 0 radical (unpaired) electrons. The maximum Gasteiger partial charge on any atom is 0.381 e. The fraction of sp³-hybridized carbons (Fsp3) is 0.500. The minimum absolute atomic E-state index is 0.259. The van der Waals surface area contributed by atoms with Crippen LogP contribution in [0.3, 0.4) is 0 Å². The van der Waals surface area contributed by atoms with Crippen molar-refractivity contribution in [1.82, 2.24) is 5.01 Å². The van der Waals surface area contributed by atoms with Gasteiger partial charge in [-0.1, -0.05) is 11.6 Å². The molecule has 0 rings (SSSR count). The normalized spacial score (nSPS) is 11.2. The van der Waals surface area contributed by atoms with E-state index in [0.717, 1.165) is 10.6 Å². The van der Waals surface area contributed by atoms with Crippen molar-refractivity contribution in [1.29, 1.82) is 0 Å². The molecule has 0 spiro atoms. The Hall–Kier alpha value is -1.50. The number of nitrogens with zero attached hydrogens (tertiary/aromatic N) is 2. The lowest BCUT2D eigenvalue weighted by atomic mass is 10.2.